The van der Waals surface area contributed by atoms with Crippen molar-refractivity contribution in [3.8, 4) is 0 Å². The molecule has 54 valence electrons. The van der Waals surface area contributed by atoms with Gasteiger partial charge >= 0.3 is 0 Å². The average Bonchev–Trinajstić information content (AvgIpc) is 1.89. The third-order valence-electron chi connectivity index (χ3n) is 1.26. The fourth-order valence-electron chi connectivity index (χ4n) is 0.672. The molecule has 0 aliphatic heterocycles. The van der Waals surface area contributed by atoms with E-state index < -0.39 is 0 Å². The Balaban J connectivity index is 2.96. The van der Waals surface area contributed by atoms with Gasteiger partial charge < -0.3 is 5.11 Å². The van der Waals surface area contributed by atoms with E-state index >= 15 is 0 Å². The maximum Gasteiger partial charge on any atom is 0.0822 e. The first-order valence-corrected chi connectivity index (χ1v) is 3.91. The summed E-state index contributed by atoms with van der Waals surface area (Å²) in [4.78, 5) is 0. The van der Waals surface area contributed by atoms with Crippen molar-refractivity contribution in [2.45, 2.75) is 38.7 Å². The van der Waals surface area contributed by atoms with E-state index in [0.717, 1.165) is 12.8 Å². The van der Waals surface area contributed by atoms with E-state index in [-0.39, 0.29) is 6.10 Å². The molecule has 0 aliphatic rings. The zero-order valence-corrected chi connectivity index (χ0v) is 6.66. The van der Waals surface area contributed by atoms with Gasteiger partial charge in [-0.1, -0.05) is 38.4 Å². The van der Waals surface area contributed by atoms with Gasteiger partial charge in [-0.2, -0.15) is 0 Å². The van der Waals surface area contributed by atoms with Gasteiger partial charge in [-0.15, -0.1) is 0 Å². The number of hydrogen-bond acceptors (Lipinski definition) is 2. The van der Waals surface area contributed by atoms with Crippen molar-refractivity contribution in [1.82, 2.24) is 0 Å². The van der Waals surface area contributed by atoms with Gasteiger partial charge in [0.1, 0.15) is 0 Å². The molecule has 0 aromatic heterocycles. The molecule has 0 spiro atoms. The summed E-state index contributed by atoms with van der Waals surface area (Å²) in [5.41, 5.74) is 0. The molecule has 0 fully saturated rings. The maximum absolute atomic E-state index is 8.92. The normalized spacial score (nSPS) is 13.1. The van der Waals surface area contributed by atoms with Crippen molar-refractivity contribution >= 4 is 17.6 Å². The fourth-order valence-corrected chi connectivity index (χ4v) is 0.808. The van der Waals surface area contributed by atoms with Crippen LogP contribution < -0.4 is 0 Å². The molecule has 0 bridgehead atoms. The van der Waals surface area contributed by atoms with Crippen molar-refractivity contribution in [3.05, 3.63) is 0 Å². The molecule has 0 aromatic rings. The van der Waals surface area contributed by atoms with Gasteiger partial charge in [-0.3, -0.25) is 0 Å². The van der Waals surface area contributed by atoms with E-state index in [0.29, 0.717) is 0 Å². The second-order valence-corrected chi connectivity index (χ2v) is 2.47. The van der Waals surface area contributed by atoms with E-state index in [2.05, 4.69) is 19.1 Å². The van der Waals surface area contributed by atoms with Crippen molar-refractivity contribution in [2.24, 2.45) is 0 Å². The molecule has 1 nitrogen and oxygen atoms in total. The van der Waals surface area contributed by atoms with Gasteiger partial charge in [0, 0.05) is 5.37 Å². The molecule has 1 unspecified atom stereocenters. The first-order valence-electron chi connectivity index (χ1n) is 3.44. The van der Waals surface area contributed by atoms with Crippen LogP contribution in [0.4, 0.5) is 0 Å². The molecule has 1 N–H and O–H groups in total. The Morgan fingerprint density at radius 2 is 2.22 bits per heavy atom. The van der Waals surface area contributed by atoms with Crippen molar-refractivity contribution < 1.29 is 5.11 Å². The third-order valence-corrected chi connectivity index (χ3v) is 1.57. The van der Waals surface area contributed by atoms with Crippen LogP contribution in [0.1, 0.15) is 32.6 Å². The summed E-state index contributed by atoms with van der Waals surface area (Å²) in [6.07, 6.45) is 3.96. The highest BCUT2D eigenvalue weighted by atomic mass is 32.1. The van der Waals surface area contributed by atoms with Crippen LogP contribution in [-0.2, 0) is 0 Å². The molecule has 0 aliphatic carbocycles. The highest BCUT2D eigenvalue weighted by Gasteiger charge is 1.95. The number of unbranched alkanes of at least 4 members (excludes halogenated alkanes) is 2. The van der Waals surface area contributed by atoms with Crippen LogP contribution in [0.3, 0.4) is 0 Å². The predicted octanol–water partition coefficient (Wildman–Crippen LogP) is 1.93. The lowest BCUT2D eigenvalue weighted by Gasteiger charge is -2.00. The largest absolute Gasteiger partial charge is 0.388 e. The van der Waals surface area contributed by atoms with Crippen molar-refractivity contribution in [3.63, 3.8) is 0 Å². The summed E-state index contributed by atoms with van der Waals surface area (Å²) in [5.74, 6) is 0. The minimum Gasteiger partial charge on any atom is -0.388 e. The molecule has 9 heavy (non-hydrogen) atoms. The van der Waals surface area contributed by atoms with Gasteiger partial charge in [0.25, 0.3) is 0 Å². The number of thiocarbonyl (C=S) groups is 1. The summed E-state index contributed by atoms with van der Waals surface area (Å²) in [6, 6.07) is 0. The lowest BCUT2D eigenvalue weighted by molar-refractivity contribution is 0.233. The molecule has 2 heteroatoms. The van der Waals surface area contributed by atoms with Crippen LogP contribution >= 0.6 is 12.2 Å². The van der Waals surface area contributed by atoms with E-state index in [1.165, 1.54) is 18.2 Å². The van der Waals surface area contributed by atoms with Crippen LogP contribution in [0, 0.1) is 0 Å². The monoisotopic (exact) mass is 146 g/mol. The van der Waals surface area contributed by atoms with Gasteiger partial charge in [-0.25, -0.2) is 0 Å². The Morgan fingerprint density at radius 3 is 2.67 bits per heavy atom. The molecule has 0 aromatic carbocycles. The van der Waals surface area contributed by atoms with Crippen LogP contribution in [0.15, 0.2) is 0 Å². The van der Waals surface area contributed by atoms with Crippen molar-refractivity contribution in [2.75, 3.05) is 0 Å². The zero-order chi connectivity index (χ0) is 7.11. The number of aliphatic hydroxyl groups excluding tert-OH is 1. The summed E-state index contributed by atoms with van der Waals surface area (Å²) >= 11 is 4.55. The van der Waals surface area contributed by atoms with Crippen LogP contribution in [0.2, 0.25) is 0 Å². The van der Waals surface area contributed by atoms with Gasteiger partial charge in [0.2, 0.25) is 0 Å². The lowest BCUT2D eigenvalue weighted by Crippen LogP contribution is -2.05. The fraction of sp³-hybridized carbons (Fsp3) is 0.857. The average molecular weight is 146 g/mol. The molecule has 0 saturated carbocycles. The number of hydrogen-bond donors (Lipinski definition) is 1. The number of rotatable bonds is 5. The Labute approximate surface area is 62.1 Å². The van der Waals surface area contributed by atoms with Gasteiger partial charge in [0.05, 0.1) is 6.10 Å². The first-order chi connectivity index (χ1) is 4.31. The molecular formula is C7H14OS. The van der Waals surface area contributed by atoms with Gasteiger partial charge in [-0.05, 0) is 6.42 Å². The van der Waals surface area contributed by atoms with Crippen molar-refractivity contribution in [1.29, 1.82) is 0 Å². The molecular weight excluding hydrogens is 132 g/mol. The van der Waals surface area contributed by atoms with E-state index in [9.17, 15) is 0 Å². The zero-order valence-electron chi connectivity index (χ0n) is 5.84. The standard InChI is InChI=1S/C7H14OS/c1-2-3-4-5-7(8)6-9/h6-8H,2-5H2,1H3. The van der Waals surface area contributed by atoms with Gasteiger partial charge in [0.15, 0.2) is 0 Å². The Bertz CT molecular complexity index is 73.3. The molecule has 0 saturated heterocycles. The second-order valence-electron chi connectivity index (χ2n) is 2.20. The Hall–Kier alpha value is 0.0500. The lowest BCUT2D eigenvalue weighted by atomic mass is 10.1. The maximum atomic E-state index is 8.92. The van der Waals surface area contributed by atoms with E-state index in [1.807, 2.05) is 0 Å². The van der Waals surface area contributed by atoms with E-state index in [1.54, 1.807) is 0 Å². The third kappa shape index (κ3) is 5.93. The predicted molar refractivity (Wildman–Crippen MR) is 43.8 cm³/mol. The van der Waals surface area contributed by atoms with Crippen LogP contribution in [-0.4, -0.2) is 16.6 Å². The second kappa shape index (κ2) is 6.17. The molecule has 0 radical (unpaired) electrons. The smallest absolute Gasteiger partial charge is 0.0822 e. The SMILES string of the molecule is CCCCCC(O)C=S. The van der Waals surface area contributed by atoms with E-state index in [4.69, 9.17) is 5.11 Å². The first kappa shape index (κ1) is 9.05. The molecule has 1 atom stereocenters. The number of aliphatic hydroxyl groups is 1. The highest BCUT2D eigenvalue weighted by Crippen LogP contribution is 2.01. The summed E-state index contributed by atoms with van der Waals surface area (Å²) in [7, 11) is 0. The summed E-state index contributed by atoms with van der Waals surface area (Å²) in [6.45, 7) is 2.14. The quantitative estimate of drug-likeness (QED) is 0.472. The van der Waals surface area contributed by atoms with Crippen LogP contribution in [0.5, 0.6) is 0 Å². The Kier molecular flexibility index (Phi) is 6.21. The molecule has 0 heterocycles. The summed E-state index contributed by atoms with van der Waals surface area (Å²) in [5, 5.41) is 10.4. The molecule has 0 amide bonds. The minimum absolute atomic E-state index is 0.355. The van der Waals surface area contributed by atoms with Crippen LogP contribution in [0.25, 0.3) is 0 Å². The highest BCUT2D eigenvalue weighted by molar-refractivity contribution is 7.79. The topological polar surface area (TPSA) is 20.2 Å². The minimum atomic E-state index is -0.355. The summed E-state index contributed by atoms with van der Waals surface area (Å²) < 4.78 is 0. The molecule has 0 rings (SSSR count). The Morgan fingerprint density at radius 1 is 1.56 bits per heavy atom.